The maximum absolute atomic E-state index is 13.5. The van der Waals surface area contributed by atoms with E-state index in [2.05, 4.69) is 26.9 Å². The fourth-order valence-electron chi connectivity index (χ4n) is 6.10. The van der Waals surface area contributed by atoms with Crippen molar-refractivity contribution >= 4 is 5.91 Å². The van der Waals surface area contributed by atoms with Crippen LogP contribution in [0.2, 0.25) is 0 Å². The van der Waals surface area contributed by atoms with Gasteiger partial charge >= 0.3 is 0 Å². The zero-order valence-corrected chi connectivity index (χ0v) is 17.3. The van der Waals surface area contributed by atoms with Crippen LogP contribution in [0.4, 0.5) is 0 Å². The normalized spacial score (nSPS) is 29.5. The quantitative estimate of drug-likeness (QED) is 0.799. The van der Waals surface area contributed by atoms with Crippen LogP contribution in [0.1, 0.15) is 55.8 Å². The van der Waals surface area contributed by atoms with E-state index < -0.39 is 0 Å². The number of benzene rings is 1. The second-order valence-corrected chi connectivity index (χ2v) is 9.10. The number of rotatable bonds is 4. The van der Waals surface area contributed by atoms with E-state index in [9.17, 15) is 4.79 Å². The van der Waals surface area contributed by atoms with Crippen molar-refractivity contribution in [3.63, 3.8) is 0 Å². The maximum Gasteiger partial charge on any atom is 0.256 e. The maximum atomic E-state index is 13.5. The third kappa shape index (κ3) is 3.48. The Morgan fingerprint density at radius 1 is 1.10 bits per heavy atom. The lowest BCUT2D eigenvalue weighted by Gasteiger charge is -2.55. The van der Waals surface area contributed by atoms with Crippen molar-refractivity contribution < 1.29 is 4.79 Å². The van der Waals surface area contributed by atoms with E-state index in [-0.39, 0.29) is 5.91 Å². The average Bonchev–Trinajstić information content (AvgIpc) is 3.29. The Morgan fingerprint density at radius 2 is 1.93 bits per heavy atom. The highest BCUT2D eigenvalue weighted by Gasteiger charge is 2.45. The third-order valence-electron chi connectivity index (χ3n) is 7.26. The molecule has 0 saturated carbocycles. The van der Waals surface area contributed by atoms with E-state index in [1.54, 1.807) is 12.7 Å². The molecule has 6 nitrogen and oxygen atoms in total. The predicted molar refractivity (Wildman–Crippen MR) is 112 cm³/mol. The van der Waals surface area contributed by atoms with Gasteiger partial charge in [-0.1, -0.05) is 31.9 Å². The molecule has 5 rings (SSSR count). The number of piperidine rings is 3. The topological polar surface area (TPSA) is 54.3 Å². The molecular formula is C23H31N5O. The van der Waals surface area contributed by atoms with Crippen molar-refractivity contribution in [3.8, 4) is 5.69 Å². The molecule has 0 N–H and O–H groups in total. The van der Waals surface area contributed by atoms with Gasteiger partial charge in [0.15, 0.2) is 0 Å². The summed E-state index contributed by atoms with van der Waals surface area (Å²) < 4.78 is 1.83. The Morgan fingerprint density at radius 3 is 2.76 bits per heavy atom. The van der Waals surface area contributed by atoms with Crippen LogP contribution in [0.15, 0.2) is 36.9 Å². The molecule has 3 saturated heterocycles. The molecule has 3 aliphatic heterocycles. The van der Waals surface area contributed by atoms with Gasteiger partial charge in [0.25, 0.3) is 5.91 Å². The Hall–Kier alpha value is -2.21. The molecule has 1 aromatic carbocycles. The van der Waals surface area contributed by atoms with Crippen LogP contribution in [0.3, 0.4) is 0 Å². The summed E-state index contributed by atoms with van der Waals surface area (Å²) in [5, 5.41) is 7.82. The van der Waals surface area contributed by atoms with Crippen molar-refractivity contribution in [2.24, 2.45) is 11.8 Å². The van der Waals surface area contributed by atoms with Gasteiger partial charge in [0.05, 0.1) is 11.3 Å². The van der Waals surface area contributed by atoms with Crippen LogP contribution in [-0.4, -0.2) is 62.2 Å². The smallest absolute Gasteiger partial charge is 0.256 e. The lowest BCUT2D eigenvalue weighted by Crippen LogP contribution is -2.62. The second-order valence-electron chi connectivity index (χ2n) is 9.10. The SMILES string of the molecule is CCC[C@H]1CCC[C@H]2[C@@H]3C[C@@H](CN(C(=O)c4ccccc4-n4cnnc4)C3)CN12. The molecule has 29 heavy (non-hydrogen) atoms. The number of hydrogen-bond acceptors (Lipinski definition) is 4. The third-order valence-corrected chi connectivity index (χ3v) is 7.26. The molecule has 2 bridgehead atoms. The standard InChI is InChI=1S/C23H31N5O/c1-2-6-19-7-5-10-21-18-11-17(13-28(19)21)12-26(14-18)23(29)20-8-3-4-9-22(20)27-15-24-25-16-27/h3-4,8-9,15-19,21H,2,5-7,10-14H2,1H3/t17-,18+,19-,21-/m0/s1. The summed E-state index contributed by atoms with van der Waals surface area (Å²) in [5.74, 6) is 1.38. The molecule has 2 aromatic rings. The first kappa shape index (κ1) is 18.8. The molecule has 3 aliphatic rings. The summed E-state index contributed by atoms with van der Waals surface area (Å²) in [4.78, 5) is 18.5. The number of aromatic nitrogens is 3. The van der Waals surface area contributed by atoms with E-state index in [4.69, 9.17) is 0 Å². The lowest BCUT2D eigenvalue weighted by molar-refractivity contribution is -0.0518. The highest BCUT2D eigenvalue weighted by atomic mass is 16.2. The van der Waals surface area contributed by atoms with E-state index in [0.29, 0.717) is 17.9 Å². The van der Waals surface area contributed by atoms with E-state index in [0.717, 1.165) is 30.4 Å². The number of nitrogens with zero attached hydrogens (tertiary/aromatic N) is 5. The zero-order chi connectivity index (χ0) is 19.8. The minimum absolute atomic E-state index is 0.151. The second kappa shape index (κ2) is 7.90. The van der Waals surface area contributed by atoms with Crippen LogP contribution in [0.5, 0.6) is 0 Å². The summed E-state index contributed by atoms with van der Waals surface area (Å²) in [6.07, 6.45) is 11.2. The largest absolute Gasteiger partial charge is 0.338 e. The molecule has 0 radical (unpaired) electrons. The summed E-state index contributed by atoms with van der Waals surface area (Å²) in [7, 11) is 0. The van der Waals surface area contributed by atoms with Crippen molar-refractivity contribution in [1.29, 1.82) is 0 Å². The van der Waals surface area contributed by atoms with Gasteiger partial charge in [-0.25, -0.2) is 0 Å². The molecule has 0 aliphatic carbocycles. The highest BCUT2D eigenvalue weighted by molar-refractivity contribution is 5.97. The van der Waals surface area contributed by atoms with Crippen LogP contribution >= 0.6 is 0 Å². The number of carbonyl (C=O) groups excluding carboxylic acids is 1. The van der Waals surface area contributed by atoms with Gasteiger partial charge in [0.1, 0.15) is 12.7 Å². The van der Waals surface area contributed by atoms with Crippen LogP contribution in [0.25, 0.3) is 5.69 Å². The van der Waals surface area contributed by atoms with E-state index in [1.165, 1.54) is 45.1 Å². The van der Waals surface area contributed by atoms with Gasteiger partial charge in [-0.15, -0.1) is 10.2 Å². The van der Waals surface area contributed by atoms with Crippen molar-refractivity contribution in [1.82, 2.24) is 24.6 Å². The van der Waals surface area contributed by atoms with E-state index >= 15 is 0 Å². The fraction of sp³-hybridized carbons (Fsp3) is 0.609. The fourth-order valence-corrected chi connectivity index (χ4v) is 6.10. The van der Waals surface area contributed by atoms with Gasteiger partial charge in [0.2, 0.25) is 0 Å². The Kier molecular flexibility index (Phi) is 5.12. The molecule has 3 fully saturated rings. The Balaban J connectivity index is 1.37. The zero-order valence-electron chi connectivity index (χ0n) is 17.3. The van der Waals surface area contributed by atoms with E-state index in [1.807, 2.05) is 28.8 Å². The summed E-state index contributed by atoms with van der Waals surface area (Å²) in [5.41, 5.74) is 1.61. The Bertz CT molecular complexity index is 849. The molecular weight excluding hydrogens is 362 g/mol. The lowest BCUT2D eigenvalue weighted by atomic mass is 9.74. The molecule has 0 unspecified atom stereocenters. The molecule has 154 valence electrons. The first-order valence-corrected chi connectivity index (χ1v) is 11.2. The molecule has 1 aromatic heterocycles. The predicted octanol–water partition coefficient (Wildman–Crippen LogP) is 3.38. The van der Waals surface area contributed by atoms with Gasteiger partial charge in [0, 0.05) is 31.7 Å². The monoisotopic (exact) mass is 393 g/mol. The van der Waals surface area contributed by atoms with Gasteiger partial charge in [-0.05, 0) is 49.7 Å². The number of fused-ring (bicyclic) bond motifs is 4. The molecule has 4 heterocycles. The van der Waals surface area contributed by atoms with Crippen molar-refractivity contribution in [2.75, 3.05) is 19.6 Å². The van der Waals surface area contributed by atoms with Gasteiger partial charge in [-0.3, -0.25) is 14.3 Å². The molecule has 4 atom stereocenters. The van der Waals surface area contributed by atoms with Gasteiger partial charge in [-0.2, -0.15) is 0 Å². The molecule has 6 heteroatoms. The number of hydrogen-bond donors (Lipinski definition) is 0. The van der Waals surface area contributed by atoms with Crippen LogP contribution in [0, 0.1) is 11.8 Å². The first-order valence-electron chi connectivity index (χ1n) is 11.2. The number of amides is 1. The number of likely N-dealkylation sites (tertiary alicyclic amines) is 1. The number of carbonyl (C=O) groups is 1. The first-order chi connectivity index (χ1) is 14.2. The van der Waals surface area contributed by atoms with Crippen LogP contribution < -0.4 is 0 Å². The highest BCUT2D eigenvalue weighted by Crippen LogP contribution is 2.41. The number of para-hydroxylation sites is 1. The average molecular weight is 394 g/mol. The molecule has 0 spiro atoms. The summed E-state index contributed by atoms with van der Waals surface area (Å²) in [6, 6.07) is 9.25. The summed E-state index contributed by atoms with van der Waals surface area (Å²) >= 11 is 0. The minimum atomic E-state index is 0.151. The minimum Gasteiger partial charge on any atom is -0.338 e. The Labute approximate surface area is 172 Å². The van der Waals surface area contributed by atoms with Gasteiger partial charge < -0.3 is 4.90 Å². The summed E-state index contributed by atoms with van der Waals surface area (Å²) in [6.45, 7) is 5.25. The van der Waals surface area contributed by atoms with Crippen LogP contribution in [-0.2, 0) is 0 Å². The van der Waals surface area contributed by atoms with Crippen molar-refractivity contribution in [2.45, 2.75) is 57.5 Å². The van der Waals surface area contributed by atoms with Crippen molar-refractivity contribution in [3.05, 3.63) is 42.5 Å². The molecule has 1 amide bonds.